The summed E-state index contributed by atoms with van der Waals surface area (Å²) in [5.41, 5.74) is 0.317. The van der Waals surface area contributed by atoms with Crippen LogP contribution in [0.15, 0.2) is 18.2 Å². The maximum atomic E-state index is 12.0. The molecule has 1 aromatic rings. The molecule has 2 N–H and O–H groups in total. The highest BCUT2D eigenvalue weighted by atomic mass is 16.4. The lowest BCUT2D eigenvalue weighted by atomic mass is 10.1. The number of carbonyl (C=O) groups excluding carboxylic acids is 1. The lowest BCUT2D eigenvalue weighted by Gasteiger charge is -2.05. The molecule has 1 aromatic heterocycles. The fourth-order valence-electron chi connectivity index (χ4n) is 2.40. The van der Waals surface area contributed by atoms with Crippen molar-refractivity contribution in [3.05, 3.63) is 23.9 Å². The summed E-state index contributed by atoms with van der Waals surface area (Å²) in [5.74, 6) is -1.82. The summed E-state index contributed by atoms with van der Waals surface area (Å²) in [6.45, 7) is 5.41. The van der Waals surface area contributed by atoms with Gasteiger partial charge in [-0.05, 0) is 24.5 Å². The van der Waals surface area contributed by atoms with Gasteiger partial charge in [0.15, 0.2) is 0 Å². The second-order valence-electron chi connectivity index (χ2n) is 5.27. The third-order valence-electron chi connectivity index (χ3n) is 3.52. The minimum atomic E-state index is -0.919. The van der Waals surface area contributed by atoms with E-state index in [0.717, 1.165) is 5.69 Å². The highest BCUT2D eigenvalue weighted by molar-refractivity contribution is 5.99. The first kappa shape index (κ1) is 12.5. The van der Waals surface area contributed by atoms with Gasteiger partial charge in [0.05, 0.1) is 11.8 Å². The first-order valence-electron chi connectivity index (χ1n) is 5.81. The number of pyridine rings is 1. The Morgan fingerprint density at radius 1 is 1.33 bits per heavy atom. The lowest BCUT2D eigenvalue weighted by molar-refractivity contribution is -0.140. The topological polar surface area (TPSA) is 79.3 Å². The van der Waals surface area contributed by atoms with Crippen LogP contribution in [-0.2, 0) is 9.59 Å². The molecule has 18 heavy (non-hydrogen) atoms. The Labute approximate surface area is 105 Å². The van der Waals surface area contributed by atoms with E-state index in [1.54, 1.807) is 26.0 Å². The zero-order valence-electron chi connectivity index (χ0n) is 10.6. The normalized spacial score (nSPS) is 24.4. The average Bonchev–Trinajstić information content (AvgIpc) is 2.81. The molecule has 0 aliphatic heterocycles. The SMILES string of the molecule is Cc1cccc(NC(=O)[C@@H]2[C@@H](C(=O)O)C2(C)C)n1. The predicted octanol–water partition coefficient (Wildman–Crippen LogP) is 1.69. The van der Waals surface area contributed by atoms with Crippen molar-refractivity contribution in [1.29, 1.82) is 0 Å². The molecule has 5 heteroatoms. The fourth-order valence-corrected chi connectivity index (χ4v) is 2.40. The van der Waals surface area contributed by atoms with Crippen LogP contribution in [-0.4, -0.2) is 22.0 Å². The molecule has 0 spiro atoms. The number of carboxylic acid groups (broad SMARTS) is 1. The predicted molar refractivity (Wildman–Crippen MR) is 66.0 cm³/mol. The number of amides is 1. The van der Waals surface area contributed by atoms with Gasteiger partial charge in [-0.3, -0.25) is 9.59 Å². The van der Waals surface area contributed by atoms with E-state index in [-0.39, 0.29) is 5.91 Å². The summed E-state index contributed by atoms with van der Waals surface area (Å²) in [4.78, 5) is 27.2. The van der Waals surface area contributed by atoms with Crippen LogP contribution in [0.4, 0.5) is 5.82 Å². The molecule has 1 aliphatic carbocycles. The zero-order valence-corrected chi connectivity index (χ0v) is 10.6. The number of aryl methyl sites for hydroxylation is 1. The van der Waals surface area contributed by atoms with Gasteiger partial charge in [0.25, 0.3) is 0 Å². The molecule has 0 aromatic carbocycles. The molecule has 1 heterocycles. The Morgan fingerprint density at radius 3 is 2.50 bits per heavy atom. The van der Waals surface area contributed by atoms with Gasteiger partial charge in [0.1, 0.15) is 5.82 Å². The van der Waals surface area contributed by atoms with E-state index < -0.39 is 23.2 Å². The molecule has 0 radical (unpaired) electrons. The van der Waals surface area contributed by atoms with Crippen LogP contribution in [0.5, 0.6) is 0 Å². The van der Waals surface area contributed by atoms with Crippen LogP contribution >= 0.6 is 0 Å². The molecule has 2 atom stereocenters. The van der Waals surface area contributed by atoms with Gasteiger partial charge in [-0.25, -0.2) is 4.98 Å². The molecule has 1 aliphatic rings. The first-order chi connectivity index (χ1) is 8.34. The molecule has 0 bridgehead atoms. The van der Waals surface area contributed by atoms with Crippen molar-refractivity contribution in [2.45, 2.75) is 20.8 Å². The van der Waals surface area contributed by atoms with Crippen molar-refractivity contribution in [1.82, 2.24) is 4.98 Å². The molecule has 1 saturated carbocycles. The molecular formula is C13H16N2O3. The van der Waals surface area contributed by atoms with Gasteiger partial charge < -0.3 is 10.4 Å². The third kappa shape index (κ3) is 2.08. The van der Waals surface area contributed by atoms with E-state index in [2.05, 4.69) is 10.3 Å². The monoisotopic (exact) mass is 248 g/mol. The van der Waals surface area contributed by atoms with Crippen molar-refractivity contribution in [2.75, 3.05) is 5.32 Å². The Bertz CT molecular complexity index is 511. The molecule has 1 amide bonds. The average molecular weight is 248 g/mol. The van der Waals surface area contributed by atoms with Gasteiger partial charge in [-0.15, -0.1) is 0 Å². The van der Waals surface area contributed by atoms with Gasteiger partial charge in [-0.1, -0.05) is 19.9 Å². The number of carboxylic acids is 1. The maximum Gasteiger partial charge on any atom is 0.307 e. The van der Waals surface area contributed by atoms with E-state index >= 15 is 0 Å². The third-order valence-corrected chi connectivity index (χ3v) is 3.52. The van der Waals surface area contributed by atoms with E-state index in [0.29, 0.717) is 5.82 Å². The summed E-state index contributed by atoms with van der Waals surface area (Å²) >= 11 is 0. The number of nitrogens with one attached hydrogen (secondary N) is 1. The number of hydrogen-bond donors (Lipinski definition) is 2. The summed E-state index contributed by atoms with van der Waals surface area (Å²) in [6.07, 6.45) is 0. The van der Waals surface area contributed by atoms with Gasteiger partial charge in [-0.2, -0.15) is 0 Å². The highest BCUT2D eigenvalue weighted by Gasteiger charge is 2.65. The molecule has 2 rings (SSSR count). The largest absolute Gasteiger partial charge is 0.481 e. The van der Waals surface area contributed by atoms with Crippen LogP contribution in [0.3, 0.4) is 0 Å². The summed E-state index contributed by atoms with van der Waals surface area (Å²) in [6, 6.07) is 5.32. The number of anilines is 1. The number of aromatic nitrogens is 1. The van der Waals surface area contributed by atoms with E-state index in [1.165, 1.54) is 0 Å². The molecule has 0 saturated heterocycles. The summed E-state index contributed by atoms with van der Waals surface area (Å²) in [5, 5.41) is 11.7. The van der Waals surface area contributed by atoms with Crippen LogP contribution in [0.1, 0.15) is 19.5 Å². The molecule has 1 fully saturated rings. The Morgan fingerprint density at radius 2 is 2.00 bits per heavy atom. The van der Waals surface area contributed by atoms with Crippen LogP contribution < -0.4 is 5.32 Å². The van der Waals surface area contributed by atoms with Crippen LogP contribution in [0, 0.1) is 24.2 Å². The summed E-state index contributed by atoms with van der Waals surface area (Å²) in [7, 11) is 0. The fraction of sp³-hybridized carbons (Fsp3) is 0.462. The van der Waals surface area contributed by atoms with Crippen molar-refractivity contribution in [3.63, 3.8) is 0 Å². The van der Waals surface area contributed by atoms with Crippen molar-refractivity contribution in [3.8, 4) is 0 Å². The molecule has 5 nitrogen and oxygen atoms in total. The van der Waals surface area contributed by atoms with Gasteiger partial charge >= 0.3 is 5.97 Å². The van der Waals surface area contributed by atoms with Crippen molar-refractivity contribution in [2.24, 2.45) is 17.3 Å². The maximum absolute atomic E-state index is 12.0. The highest BCUT2D eigenvalue weighted by Crippen LogP contribution is 2.58. The Balaban J connectivity index is 2.08. The number of rotatable bonds is 3. The minimum absolute atomic E-state index is 0.273. The second kappa shape index (κ2) is 4.08. The molecule has 0 unspecified atom stereocenters. The number of aliphatic carboxylic acids is 1. The van der Waals surface area contributed by atoms with Crippen molar-refractivity contribution < 1.29 is 14.7 Å². The van der Waals surface area contributed by atoms with E-state index in [1.807, 2.05) is 13.0 Å². The second-order valence-corrected chi connectivity index (χ2v) is 5.27. The number of hydrogen-bond acceptors (Lipinski definition) is 3. The number of nitrogens with zero attached hydrogens (tertiary/aromatic N) is 1. The quantitative estimate of drug-likeness (QED) is 0.853. The zero-order chi connectivity index (χ0) is 13.5. The van der Waals surface area contributed by atoms with Gasteiger partial charge in [0.2, 0.25) is 5.91 Å². The van der Waals surface area contributed by atoms with E-state index in [4.69, 9.17) is 5.11 Å². The van der Waals surface area contributed by atoms with Gasteiger partial charge in [0, 0.05) is 5.69 Å². The van der Waals surface area contributed by atoms with E-state index in [9.17, 15) is 9.59 Å². The smallest absolute Gasteiger partial charge is 0.307 e. The van der Waals surface area contributed by atoms with Crippen LogP contribution in [0.2, 0.25) is 0 Å². The number of carbonyl (C=O) groups is 2. The standard InChI is InChI=1S/C13H16N2O3/c1-7-5-4-6-8(14-7)15-11(16)9-10(12(17)18)13(9,2)3/h4-6,9-10H,1-3H3,(H,17,18)(H,14,15,16)/t9-,10-/m0/s1. The Kier molecular flexibility index (Phi) is 2.84. The summed E-state index contributed by atoms with van der Waals surface area (Å²) < 4.78 is 0. The lowest BCUT2D eigenvalue weighted by Crippen LogP contribution is -2.18. The Hall–Kier alpha value is -1.91. The van der Waals surface area contributed by atoms with Crippen LogP contribution in [0.25, 0.3) is 0 Å². The molecule has 96 valence electrons. The minimum Gasteiger partial charge on any atom is -0.481 e. The molecular weight excluding hydrogens is 232 g/mol. The first-order valence-corrected chi connectivity index (χ1v) is 5.81. The van der Waals surface area contributed by atoms with Crippen molar-refractivity contribution >= 4 is 17.7 Å².